The molecule has 0 saturated carbocycles. The van der Waals surface area contributed by atoms with Crippen LogP contribution in [-0.4, -0.2) is 67.6 Å². The number of ketones is 1. The smallest absolute Gasteiger partial charge is 0.280 e. The number of nitrogens with two attached hydrogens (primary N) is 2. The lowest BCUT2D eigenvalue weighted by molar-refractivity contribution is -0.132. The lowest BCUT2D eigenvalue weighted by atomic mass is 9.88. The minimum absolute atomic E-state index is 0.0528. The van der Waals surface area contributed by atoms with Gasteiger partial charge in [-0.1, -0.05) is 29.8 Å². The van der Waals surface area contributed by atoms with Gasteiger partial charge in [0.15, 0.2) is 34.2 Å². The number of aromatic nitrogens is 3. The molecule has 12 nitrogen and oxygen atoms in total. The van der Waals surface area contributed by atoms with E-state index in [-0.39, 0.29) is 52.6 Å². The summed E-state index contributed by atoms with van der Waals surface area (Å²) in [4.78, 5) is 53.1. The highest BCUT2D eigenvalue weighted by Gasteiger charge is 2.40. The molecule has 208 valence electrons. The minimum atomic E-state index is -0.610. The number of anilines is 2. The molecule has 40 heavy (non-hydrogen) atoms. The van der Waals surface area contributed by atoms with Crippen molar-refractivity contribution in [3.63, 3.8) is 0 Å². The molecule has 2 aliphatic rings. The number of rotatable bonds is 7. The molecule has 2 aliphatic heterocycles. The zero-order valence-corrected chi connectivity index (χ0v) is 23.0. The highest BCUT2D eigenvalue weighted by Crippen LogP contribution is 2.27. The van der Waals surface area contributed by atoms with Gasteiger partial charge in [-0.05, 0) is 43.0 Å². The van der Waals surface area contributed by atoms with Crippen molar-refractivity contribution in [1.82, 2.24) is 29.5 Å². The molecule has 1 aromatic carbocycles. The van der Waals surface area contributed by atoms with Gasteiger partial charge < -0.3 is 21.7 Å². The van der Waals surface area contributed by atoms with Crippen LogP contribution < -0.4 is 22.1 Å². The molecule has 0 radical (unpaired) electrons. The van der Waals surface area contributed by atoms with Crippen molar-refractivity contribution in [2.45, 2.75) is 36.1 Å². The highest BCUT2D eigenvalue weighted by atomic mass is 35.5. The number of piperidine rings is 1. The monoisotopic (exact) mass is 581 g/mol. The van der Waals surface area contributed by atoms with E-state index in [9.17, 15) is 14.4 Å². The van der Waals surface area contributed by atoms with Crippen LogP contribution in [0.3, 0.4) is 0 Å². The van der Waals surface area contributed by atoms with Crippen LogP contribution in [0.1, 0.15) is 46.5 Å². The molecule has 1 saturated heterocycles. The summed E-state index contributed by atoms with van der Waals surface area (Å²) in [5.74, 6) is -0.630. The second-order valence-corrected chi connectivity index (χ2v) is 11.1. The average molecular weight is 582 g/mol. The van der Waals surface area contributed by atoms with Gasteiger partial charge in [-0.15, -0.1) is 0 Å². The molecular weight excluding hydrogens is 554 g/mol. The topological polar surface area (TPSA) is 174 Å². The van der Waals surface area contributed by atoms with E-state index in [4.69, 9.17) is 23.1 Å². The first-order valence-corrected chi connectivity index (χ1v) is 13.8. The Kier molecular flexibility index (Phi) is 7.94. The Hall–Kier alpha value is -4.10. The summed E-state index contributed by atoms with van der Waals surface area (Å²) in [5.41, 5.74) is 11.4. The maximum Gasteiger partial charge on any atom is 0.280 e. The normalized spacial score (nSPS) is 15.9. The highest BCUT2D eigenvalue weighted by molar-refractivity contribution is 7.97. The molecule has 2 aromatic heterocycles. The van der Waals surface area contributed by atoms with Crippen molar-refractivity contribution in [2.75, 3.05) is 31.1 Å². The van der Waals surface area contributed by atoms with E-state index in [1.807, 2.05) is 40.5 Å². The Balaban J connectivity index is 1.07. The second kappa shape index (κ2) is 11.6. The number of halogens is 1. The van der Waals surface area contributed by atoms with Crippen LogP contribution in [0.15, 0.2) is 58.7 Å². The summed E-state index contributed by atoms with van der Waals surface area (Å²) in [6.45, 7) is 1.49. The van der Waals surface area contributed by atoms with Gasteiger partial charge in [-0.25, -0.2) is 9.97 Å². The minimum Gasteiger partial charge on any atom is -0.382 e. The number of aliphatic imine (C=N–C) groups is 1. The predicted octanol–water partition coefficient (Wildman–Crippen LogP) is 2.36. The molecular formula is C26H28ClN9O3S. The lowest BCUT2D eigenvalue weighted by Crippen LogP contribution is -2.57. The van der Waals surface area contributed by atoms with E-state index in [0.717, 1.165) is 4.90 Å². The number of hydrogen-bond donors (Lipinski definition) is 4. The zero-order valence-electron chi connectivity index (χ0n) is 21.5. The predicted molar refractivity (Wildman–Crippen MR) is 153 cm³/mol. The Labute approximate surface area is 239 Å². The molecule has 0 aliphatic carbocycles. The SMILES string of the molecule is Nc1nc(N)c(C(=O)NC2=NCC3(CCN(C(=O)CCC(=O)c4ccn(Sc5ccccc5)c4)CC3)N2)nc1Cl. The van der Waals surface area contributed by atoms with Crippen LogP contribution in [-0.2, 0) is 4.79 Å². The van der Waals surface area contributed by atoms with E-state index in [1.165, 1.54) is 11.9 Å². The largest absolute Gasteiger partial charge is 0.382 e. The van der Waals surface area contributed by atoms with E-state index < -0.39 is 5.91 Å². The Morgan fingerprint density at radius 3 is 2.55 bits per heavy atom. The number of hydrogen-bond acceptors (Lipinski definition) is 10. The number of Topliss-reactive ketones (excluding diaryl/α,β-unsaturated/α-hetero) is 1. The van der Waals surface area contributed by atoms with Crippen molar-refractivity contribution >= 4 is 58.7 Å². The third kappa shape index (κ3) is 6.20. The van der Waals surface area contributed by atoms with Crippen LogP contribution >= 0.6 is 23.5 Å². The average Bonchev–Trinajstić information content (AvgIpc) is 3.57. The molecule has 0 atom stereocenters. The van der Waals surface area contributed by atoms with Crippen LogP contribution in [0.2, 0.25) is 5.15 Å². The second-order valence-electron chi connectivity index (χ2n) is 9.63. The lowest BCUT2D eigenvalue weighted by Gasteiger charge is -2.39. The van der Waals surface area contributed by atoms with Gasteiger partial charge in [0.1, 0.15) is 0 Å². The van der Waals surface area contributed by atoms with Gasteiger partial charge in [0.2, 0.25) is 5.91 Å². The molecule has 1 fully saturated rings. The first-order valence-electron chi connectivity index (χ1n) is 12.7. The standard InChI is InChI=1S/C26H28ClN9O3S/c27-21-23(29)32-22(28)20(31-21)24(39)33-25-30-15-26(34-25)9-12-35(13-10-26)19(38)7-6-18(37)16-8-11-36(14-16)40-17-4-2-1-3-5-17/h1-5,8,11,14H,6-7,9-10,12-13,15H2,(H4,28,29,32)(H2,30,33,34,39). The number of nitrogens with one attached hydrogen (secondary N) is 2. The maximum absolute atomic E-state index is 12.8. The maximum atomic E-state index is 12.8. The van der Waals surface area contributed by atoms with Crippen molar-refractivity contribution < 1.29 is 14.4 Å². The third-order valence-electron chi connectivity index (χ3n) is 6.86. The Bertz CT molecular complexity index is 1470. The summed E-state index contributed by atoms with van der Waals surface area (Å²) in [5, 5.41) is 5.81. The van der Waals surface area contributed by atoms with E-state index in [1.54, 1.807) is 17.2 Å². The van der Waals surface area contributed by atoms with Crippen LogP contribution in [0, 0.1) is 0 Å². The molecule has 0 bridgehead atoms. The number of amides is 2. The first-order chi connectivity index (χ1) is 19.2. The summed E-state index contributed by atoms with van der Waals surface area (Å²) in [7, 11) is 0. The van der Waals surface area contributed by atoms with E-state index in [0.29, 0.717) is 44.0 Å². The van der Waals surface area contributed by atoms with Crippen molar-refractivity contribution in [3.8, 4) is 0 Å². The first kappa shape index (κ1) is 27.5. The number of nitrogens with zero attached hydrogens (tertiary/aromatic N) is 5. The van der Waals surface area contributed by atoms with Gasteiger partial charge in [-0.2, -0.15) is 0 Å². The number of benzene rings is 1. The quantitative estimate of drug-likeness (QED) is 0.305. The molecule has 0 unspecified atom stereocenters. The van der Waals surface area contributed by atoms with Crippen LogP contribution in [0.25, 0.3) is 0 Å². The summed E-state index contributed by atoms with van der Waals surface area (Å²) in [6, 6.07) is 11.7. The fraction of sp³-hybridized carbons (Fsp3) is 0.308. The van der Waals surface area contributed by atoms with E-state index in [2.05, 4.69) is 25.6 Å². The molecule has 6 N–H and O–H groups in total. The summed E-state index contributed by atoms with van der Waals surface area (Å²) < 4.78 is 1.88. The fourth-order valence-electron chi connectivity index (χ4n) is 4.60. The Morgan fingerprint density at radius 1 is 1.05 bits per heavy atom. The van der Waals surface area contributed by atoms with Crippen LogP contribution in [0.4, 0.5) is 11.6 Å². The van der Waals surface area contributed by atoms with E-state index >= 15 is 0 Å². The number of carbonyl (C=O) groups is 3. The summed E-state index contributed by atoms with van der Waals surface area (Å²) >= 11 is 7.38. The van der Waals surface area contributed by atoms with Crippen molar-refractivity contribution in [1.29, 1.82) is 0 Å². The number of guanidine groups is 1. The van der Waals surface area contributed by atoms with Gasteiger partial charge in [0.25, 0.3) is 5.91 Å². The summed E-state index contributed by atoms with van der Waals surface area (Å²) in [6.07, 6.45) is 5.23. The molecule has 3 aromatic rings. The molecule has 14 heteroatoms. The molecule has 5 rings (SSSR count). The Morgan fingerprint density at radius 2 is 1.80 bits per heavy atom. The number of nitrogen functional groups attached to an aromatic ring is 2. The van der Waals surface area contributed by atoms with Gasteiger partial charge >= 0.3 is 0 Å². The van der Waals surface area contributed by atoms with Gasteiger partial charge in [0.05, 0.1) is 12.1 Å². The van der Waals surface area contributed by atoms with Crippen molar-refractivity contribution in [3.05, 3.63) is 65.2 Å². The van der Waals surface area contributed by atoms with Gasteiger partial charge in [-0.3, -0.25) is 28.7 Å². The number of likely N-dealkylation sites (tertiary alicyclic amines) is 1. The molecule has 1 spiro atoms. The number of carbonyl (C=O) groups excluding carboxylic acids is 3. The molecule has 2 amide bonds. The van der Waals surface area contributed by atoms with Gasteiger partial charge in [0, 0.05) is 48.8 Å². The third-order valence-corrected chi connectivity index (χ3v) is 8.06. The fourth-order valence-corrected chi connectivity index (χ4v) is 5.54. The van der Waals surface area contributed by atoms with Crippen LogP contribution in [0.5, 0.6) is 0 Å². The molecule has 4 heterocycles. The van der Waals surface area contributed by atoms with Crippen molar-refractivity contribution in [2.24, 2.45) is 4.99 Å². The zero-order chi connectivity index (χ0) is 28.3.